The van der Waals surface area contributed by atoms with Crippen molar-refractivity contribution in [2.45, 2.75) is 6.92 Å². The highest BCUT2D eigenvalue weighted by Gasteiger charge is 2.24. The molecule has 10 rings (SSSR count). The third-order valence-corrected chi connectivity index (χ3v) is 10.5. The highest BCUT2D eigenvalue weighted by molar-refractivity contribution is 7.25. The molecule has 10 aromatic rings. The third-order valence-electron chi connectivity index (χ3n) is 9.35. The number of nitrogens with zero attached hydrogens (tertiary/aromatic N) is 2. The van der Waals surface area contributed by atoms with E-state index in [9.17, 15) is 0 Å². The van der Waals surface area contributed by atoms with Crippen molar-refractivity contribution in [3.05, 3.63) is 145 Å². The van der Waals surface area contributed by atoms with Gasteiger partial charge >= 0.3 is 0 Å². The van der Waals surface area contributed by atoms with Gasteiger partial charge in [0.1, 0.15) is 0 Å². The molecule has 44 heavy (non-hydrogen) atoms. The quantitative estimate of drug-likeness (QED) is 0.193. The van der Waals surface area contributed by atoms with Gasteiger partial charge in [0.25, 0.3) is 0 Å². The van der Waals surface area contributed by atoms with E-state index < -0.39 is 0 Å². The average molecular weight is 579 g/mol. The van der Waals surface area contributed by atoms with E-state index in [-0.39, 0.29) is 0 Å². The van der Waals surface area contributed by atoms with Crippen LogP contribution in [0.1, 0.15) is 5.56 Å². The van der Waals surface area contributed by atoms with Crippen molar-refractivity contribution in [3.8, 4) is 11.4 Å². The number of aromatic nitrogens is 2. The molecule has 0 saturated heterocycles. The minimum Gasteiger partial charge on any atom is -0.309 e. The number of para-hydroxylation sites is 2. The maximum atomic E-state index is 2.51. The topological polar surface area (TPSA) is 9.86 Å². The highest BCUT2D eigenvalue weighted by atomic mass is 32.1. The molecule has 206 valence electrons. The van der Waals surface area contributed by atoms with E-state index in [1.54, 1.807) is 0 Å². The maximum absolute atomic E-state index is 2.51. The summed E-state index contributed by atoms with van der Waals surface area (Å²) in [4.78, 5) is 0. The zero-order valence-corrected chi connectivity index (χ0v) is 24.9. The van der Waals surface area contributed by atoms with Crippen molar-refractivity contribution in [2.75, 3.05) is 0 Å². The first-order chi connectivity index (χ1) is 21.8. The van der Waals surface area contributed by atoms with Gasteiger partial charge in [0.05, 0.1) is 22.1 Å². The lowest BCUT2D eigenvalue weighted by atomic mass is 9.99. The van der Waals surface area contributed by atoms with Crippen LogP contribution in [-0.4, -0.2) is 9.13 Å². The van der Waals surface area contributed by atoms with Crippen LogP contribution >= 0.6 is 11.3 Å². The van der Waals surface area contributed by atoms with E-state index in [1.165, 1.54) is 91.5 Å². The highest BCUT2D eigenvalue weighted by Crippen LogP contribution is 2.47. The van der Waals surface area contributed by atoms with Crippen molar-refractivity contribution < 1.29 is 0 Å². The monoisotopic (exact) mass is 578 g/mol. The van der Waals surface area contributed by atoms with Crippen molar-refractivity contribution >= 4 is 85.9 Å². The van der Waals surface area contributed by atoms with Crippen LogP contribution < -0.4 is 0 Å². The minimum absolute atomic E-state index is 1.19. The zero-order valence-electron chi connectivity index (χ0n) is 24.1. The summed E-state index contributed by atoms with van der Waals surface area (Å²) in [6.45, 7) is 2.15. The van der Waals surface area contributed by atoms with Crippen LogP contribution in [0.2, 0.25) is 0 Å². The number of hydrogen-bond donors (Lipinski definition) is 0. The van der Waals surface area contributed by atoms with E-state index in [4.69, 9.17) is 0 Å². The zero-order chi connectivity index (χ0) is 28.9. The van der Waals surface area contributed by atoms with Crippen molar-refractivity contribution in [2.24, 2.45) is 0 Å². The van der Waals surface area contributed by atoms with Crippen LogP contribution in [0.15, 0.2) is 140 Å². The van der Waals surface area contributed by atoms with Crippen LogP contribution in [0.3, 0.4) is 0 Å². The second-order valence-electron chi connectivity index (χ2n) is 11.8. The Bertz CT molecular complexity index is 2770. The molecule has 0 atom stereocenters. The number of fused-ring (bicyclic) bond motifs is 13. The van der Waals surface area contributed by atoms with Gasteiger partial charge in [-0.2, -0.15) is 0 Å². The first-order valence-electron chi connectivity index (χ1n) is 15.1. The Morgan fingerprint density at radius 1 is 0.409 bits per heavy atom. The molecule has 0 N–H and O–H groups in total. The Labute approximate surface area is 257 Å². The maximum Gasteiger partial charge on any atom is 0.0627 e. The van der Waals surface area contributed by atoms with Gasteiger partial charge in [0.2, 0.25) is 0 Å². The Morgan fingerprint density at radius 2 is 0.886 bits per heavy atom. The molecule has 7 aromatic carbocycles. The molecule has 0 unspecified atom stereocenters. The van der Waals surface area contributed by atoms with Crippen molar-refractivity contribution in [3.63, 3.8) is 0 Å². The molecule has 0 amide bonds. The summed E-state index contributed by atoms with van der Waals surface area (Å²) in [5, 5.41) is 10.4. The molecule has 2 nitrogen and oxygen atoms in total. The predicted molar refractivity (Wildman–Crippen MR) is 190 cm³/mol. The van der Waals surface area contributed by atoms with E-state index in [1.807, 2.05) is 11.3 Å². The van der Waals surface area contributed by atoms with Gasteiger partial charge in [-0.15, -0.1) is 11.3 Å². The number of hydrogen-bond acceptors (Lipinski definition) is 1. The molecular weight excluding hydrogens is 553 g/mol. The van der Waals surface area contributed by atoms with Crippen molar-refractivity contribution in [1.82, 2.24) is 9.13 Å². The first kappa shape index (κ1) is 24.1. The van der Waals surface area contributed by atoms with Gasteiger partial charge in [-0.1, -0.05) is 103 Å². The number of aryl methyl sites for hydroxylation is 1. The standard InChI is InChI=1S/C41H26N2S/c1-25-18-20-26(21-19-25)42-34-15-7-4-13-32(34)38-39-33-14-5-8-16-35(33)43(41(39)31-12-3-2-11-30(31)40(38)42)27-22-23-29-28-10-6-9-17-36(28)44-37(29)24-27/h2-24H,1H3. The summed E-state index contributed by atoms with van der Waals surface area (Å²) in [5.41, 5.74) is 8.63. The fourth-order valence-corrected chi connectivity index (χ4v) is 8.62. The lowest BCUT2D eigenvalue weighted by Gasteiger charge is -2.13. The van der Waals surface area contributed by atoms with Gasteiger partial charge < -0.3 is 9.13 Å². The molecule has 0 saturated carbocycles. The van der Waals surface area contributed by atoms with Crippen LogP contribution in [0, 0.1) is 6.92 Å². The van der Waals surface area contributed by atoms with E-state index >= 15 is 0 Å². The number of thiophene rings is 1. The average Bonchev–Trinajstić information content (AvgIpc) is 3.73. The van der Waals surface area contributed by atoms with E-state index in [0.29, 0.717) is 0 Å². The summed E-state index contributed by atoms with van der Waals surface area (Å²) < 4.78 is 7.63. The molecule has 0 radical (unpaired) electrons. The second kappa shape index (κ2) is 8.82. The van der Waals surface area contributed by atoms with Gasteiger partial charge in [0.15, 0.2) is 0 Å². The van der Waals surface area contributed by atoms with Crippen LogP contribution in [0.5, 0.6) is 0 Å². The van der Waals surface area contributed by atoms with Crippen LogP contribution in [0.4, 0.5) is 0 Å². The molecular formula is C41H26N2S. The molecule has 3 aromatic heterocycles. The molecule has 0 aliphatic rings. The fourth-order valence-electron chi connectivity index (χ4n) is 7.48. The summed E-state index contributed by atoms with van der Waals surface area (Å²) in [5.74, 6) is 0. The Hall–Kier alpha value is -5.38. The van der Waals surface area contributed by atoms with Gasteiger partial charge in [-0.25, -0.2) is 0 Å². The second-order valence-corrected chi connectivity index (χ2v) is 12.9. The summed E-state index contributed by atoms with van der Waals surface area (Å²) >= 11 is 1.88. The smallest absolute Gasteiger partial charge is 0.0627 e. The van der Waals surface area contributed by atoms with Gasteiger partial charge in [-0.05, 0) is 49.4 Å². The van der Waals surface area contributed by atoms with Gasteiger partial charge in [-0.3, -0.25) is 0 Å². The number of rotatable bonds is 2. The Balaban J connectivity index is 1.44. The Kier molecular flexibility index (Phi) is 4.83. The lowest BCUT2D eigenvalue weighted by Crippen LogP contribution is -1.96. The summed E-state index contributed by atoms with van der Waals surface area (Å²) in [6.07, 6.45) is 0. The molecule has 0 aliphatic carbocycles. The molecule has 3 heteroatoms. The molecule has 0 bridgehead atoms. The summed E-state index contributed by atoms with van der Waals surface area (Å²) in [6, 6.07) is 51.5. The largest absolute Gasteiger partial charge is 0.309 e. The third kappa shape index (κ3) is 3.14. The van der Waals surface area contributed by atoms with E-state index in [0.717, 1.165) is 0 Å². The minimum atomic E-state index is 1.19. The van der Waals surface area contributed by atoms with Crippen molar-refractivity contribution in [1.29, 1.82) is 0 Å². The molecule has 0 spiro atoms. The normalized spacial score (nSPS) is 12.2. The van der Waals surface area contributed by atoms with E-state index in [2.05, 4.69) is 156 Å². The predicted octanol–water partition coefficient (Wildman–Crippen LogP) is 11.7. The molecule has 0 aliphatic heterocycles. The van der Waals surface area contributed by atoms with Gasteiger partial charge in [0, 0.05) is 63.9 Å². The Morgan fingerprint density at radius 3 is 1.52 bits per heavy atom. The van der Waals surface area contributed by atoms with Crippen LogP contribution in [0.25, 0.3) is 85.9 Å². The molecule has 3 heterocycles. The fraction of sp³-hybridized carbons (Fsp3) is 0.0244. The summed E-state index contributed by atoms with van der Waals surface area (Å²) in [7, 11) is 0. The van der Waals surface area contributed by atoms with Crippen LogP contribution in [-0.2, 0) is 0 Å². The number of benzene rings is 7. The molecule has 0 fully saturated rings. The SMILES string of the molecule is Cc1ccc(-n2c3ccccc3c3c4c5ccccc5n(-c5ccc6c(c5)sc5ccccc56)c4c4ccccc4c32)cc1. The lowest BCUT2D eigenvalue weighted by molar-refractivity contribution is 1.18. The first-order valence-corrected chi connectivity index (χ1v) is 15.9.